The van der Waals surface area contributed by atoms with E-state index in [4.69, 9.17) is 20.1 Å². The van der Waals surface area contributed by atoms with Gasteiger partial charge in [-0.15, -0.1) is 0 Å². The van der Waals surface area contributed by atoms with Crippen LogP contribution in [0.3, 0.4) is 0 Å². The topological polar surface area (TPSA) is 128 Å². The predicted octanol–water partition coefficient (Wildman–Crippen LogP) is 1.14. The molecule has 0 saturated carbocycles. The lowest BCUT2D eigenvalue weighted by atomic mass is 10.2. The Morgan fingerprint density at radius 1 is 1.32 bits per heavy atom. The molecule has 1 unspecified atom stereocenters. The molecule has 124 valence electrons. The lowest BCUT2D eigenvalue weighted by Crippen LogP contribution is -2.34. The summed E-state index contributed by atoms with van der Waals surface area (Å²) < 4.78 is 26.3. The lowest BCUT2D eigenvalue weighted by molar-refractivity contribution is -0.139. The van der Waals surface area contributed by atoms with Gasteiger partial charge in [0.1, 0.15) is 6.04 Å². The Kier molecular flexibility index (Phi) is 7.67. The van der Waals surface area contributed by atoms with E-state index in [0.29, 0.717) is 6.61 Å². The van der Waals surface area contributed by atoms with Crippen LogP contribution in [0.4, 0.5) is 0 Å². The third-order valence-corrected chi connectivity index (χ3v) is 3.61. The average Bonchev–Trinajstić information content (AvgIpc) is 2.45. The number of phosphoric acid groups is 1. The molecule has 4 N–H and O–H groups in total. The molecule has 0 spiro atoms. The summed E-state index contributed by atoms with van der Waals surface area (Å²) >= 11 is 0. The molecule has 0 radical (unpaired) electrons. The van der Waals surface area contributed by atoms with Gasteiger partial charge < -0.3 is 20.5 Å². The van der Waals surface area contributed by atoms with E-state index in [1.54, 1.807) is 0 Å². The van der Waals surface area contributed by atoms with Crippen molar-refractivity contribution in [1.29, 1.82) is 0 Å². The number of carbonyl (C=O) groups is 1. The van der Waals surface area contributed by atoms with Gasteiger partial charge >= 0.3 is 13.8 Å². The Morgan fingerprint density at radius 3 is 2.55 bits per heavy atom. The molecule has 0 amide bonds. The molecule has 0 bridgehead atoms. The molecule has 0 aliphatic rings. The number of rotatable bonds is 10. The van der Waals surface area contributed by atoms with E-state index in [9.17, 15) is 14.3 Å². The minimum Gasteiger partial charge on any atom is -0.480 e. The Bertz CT molecular complexity index is 510. The molecule has 9 heteroatoms. The number of hydrogen-bond donors (Lipinski definition) is 3. The fourth-order valence-corrected chi connectivity index (χ4v) is 2.38. The quantitative estimate of drug-likeness (QED) is 0.544. The molecule has 22 heavy (non-hydrogen) atoms. The summed E-state index contributed by atoms with van der Waals surface area (Å²) in [6.07, 6.45) is -0.708. The fraction of sp³-hybridized carbons (Fsp3) is 0.462. The summed E-state index contributed by atoms with van der Waals surface area (Å²) in [6, 6.07) is 8.02. The summed E-state index contributed by atoms with van der Waals surface area (Å²) in [4.78, 5) is 19.9. The van der Waals surface area contributed by atoms with Crippen molar-refractivity contribution in [3.05, 3.63) is 35.9 Å². The van der Waals surface area contributed by atoms with Crippen LogP contribution in [-0.2, 0) is 29.8 Å². The predicted molar refractivity (Wildman–Crippen MR) is 78.0 cm³/mol. The van der Waals surface area contributed by atoms with Crippen LogP contribution in [0.2, 0.25) is 0 Å². The molecule has 0 aliphatic carbocycles. The van der Waals surface area contributed by atoms with Gasteiger partial charge in [0.15, 0.2) is 0 Å². The third kappa shape index (κ3) is 7.65. The molecule has 1 aromatic rings. The first-order chi connectivity index (χ1) is 10.3. The van der Waals surface area contributed by atoms with E-state index < -0.39 is 32.5 Å². The smallest absolute Gasteiger partial charge is 0.472 e. The Hall–Kier alpha value is -1.28. The van der Waals surface area contributed by atoms with Crippen LogP contribution >= 0.6 is 7.82 Å². The Balaban J connectivity index is 2.29. The number of aliphatic carboxylic acids is 1. The van der Waals surface area contributed by atoms with E-state index in [1.807, 2.05) is 30.3 Å². The van der Waals surface area contributed by atoms with Crippen molar-refractivity contribution in [1.82, 2.24) is 0 Å². The molecule has 1 rings (SSSR count). The van der Waals surface area contributed by atoms with Gasteiger partial charge in [-0.1, -0.05) is 30.3 Å². The zero-order valence-electron chi connectivity index (χ0n) is 12.1. The van der Waals surface area contributed by atoms with Crippen LogP contribution in [0.5, 0.6) is 0 Å². The number of phosphoric ester groups is 1. The van der Waals surface area contributed by atoms with Crippen LogP contribution in [-0.4, -0.2) is 41.3 Å². The second-order valence-electron chi connectivity index (χ2n) is 4.63. The number of nitrogens with two attached hydrogens (primary N) is 1. The SMILES string of the molecule is C[C@H](COCc1ccccc1)OP(=O)(O)OC[C@H](N)C(=O)O. The molecule has 0 aromatic heterocycles. The molecule has 3 atom stereocenters. The van der Waals surface area contributed by atoms with Gasteiger partial charge in [-0.05, 0) is 12.5 Å². The molecule has 0 aliphatic heterocycles. The second kappa shape index (κ2) is 8.99. The molecular formula is C13H20NO7P. The minimum absolute atomic E-state index is 0.0772. The van der Waals surface area contributed by atoms with Crippen molar-refractivity contribution in [2.24, 2.45) is 5.73 Å². The maximum absolute atomic E-state index is 11.6. The maximum atomic E-state index is 11.6. The van der Waals surface area contributed by atoms with Gasteiger partial charge in [-0.3, -0.25) is 13.8 Å². The molecule has 1 aromatic carbocycles. The first kappa shape index (κ1) is 18.8. The van der Waals surface area contributed by atoms with Crippen molar-refractivity contribution >= 4 is 13.8 Å². The minimum atomic E-state index is -4.38. The van der Waals surface area contributed by atoms with E-state index in [-0.39, 0.29) is 6.61 Å². The van der Waals surface area contributed by atoms with E-state index in [2.05, 4.69) is 4.52 Å². The Morgan fingerprint density at radius 2 is 1.95 bits per heavy atom. The van der Waals surface area contributed by atoms with Gasteiger partial charge in [0.2, 0.25) is 0 Å². The van der Waals surface area contributed by atoms with E-state index in [1.165, 1.54) is 6.92 Å². The normalized spacial score (nSPS) is 16.7. The van der Waals surface area contributed by atoms with Crippen LogP contribution < -0.4 is 5.73 Å². The van der Waals surface area contributed by atoms with E-state index in [0.717, 1.165) is 5.56 Å². The molecular weight excluding hydrogens is 313 g/mol. The van der Waals surface area contributed by atoms with Gasteiger partial charge in [0.25, 0.3) is 0 Å². The van der Waals surface area contributed by atoms with Crippen molar-refractivity contribution in [2.45, 2.75) is 25.7 Å². The van der Waals surface area contributed by atoms with Gasteiger partial charge in [0.05, 0.1) is 25.9 Å². The fourth-order valence-electron chi connectivity index (χ4n) is 1.45. The maximum Gasteiger partial charge on any atom is 0.472 e. The first-order valence-electron chi connectivity index (χ1n) is 6.56. The molecule has 8 nitrogen and oxygen atoms in total. The summed E-state index contributed by atoms with van der Waals surface area (Å²) in [6.45, 7) is 1.33. The number of carboxylic acids is 1. The number of carboxylic acid groups (broad SMARTS) is 1. The van der Waals surface area contributed by atoms with Crippen LogP contribution in [0.15, 0.2) is 30.3 Å². The average molecular weight is 333 g/mol. The summed E-state index contributed by atoms with van der Waals surface area (Å²) in [5.74, 6) is -1.33. The van der Waals surface area contributed by atoms with Crippen LogP contribution in [0.25, 0.3) is 0 Å². The highest BCUT2D eigenvalue weighted by molar-refractivity contribution is 7.47. The summed E-state index contributed by atoms with van der Waals surface area (Å²) in [5.41, 5.74) is 6.13. The molecule has 0 fully saturated rings. The second-order valence-corrected chi connectivity index (χ2v) is 6.03. The largest absolute Gasteiger partial charge is 0.480 e. The summed E-state index contributed by atoms with van der Waals surface area (Å²) in [7, 11) is -4.38. The van der Waals surface area contributed by atoms with Gasteiger partial charge in [0, 0.05) is 0 Å². The Labute approximate surface area is 128 Å². The van der Waals surface area contributed by atoms with Crippen LogP contribution in [0.1, 0.15) is 12.5 Å². The van der Waals surface area contributed by atoms with Crippen molar-refractivity contribution in [3.63, 3.8) is 0 Å². The lowest BCUT2D eigenvalue weighted by Gasteiger charge is -2.18. The number of benzene rings is 1. The van der Waals surface area contributed by atoms with Crippen LogP contribution in [0, 0.1) is 0 Å². The van der Waals surface area contributed by atoms with Crippen molar-refractivity contribution in [3.8, 4) is 0 Å². The van der Waals surface area contributed by atoms with Gasteiger partial charge in [-0.25, -0.2) is 4.57 Å². The van der Waals surface area contributed by atoms with Gasteiger partial charge in [-0.2, -0.15) is 0 Å². The number of hydrogen-bond acceptors (Lipinski definition) is 6. The summed E-state index contributed by atoms with van der Waals surface area (Å²) in [5, 5.41) is 8.55. The highest BCUT2D eigenvalue weighted by Crippen LogP contribution is 2.44. The standard InChI is InChI=1S/C13H20NO7P/c1-10(7-19-8-11-5-3-2-4-6-11)21-22(17,18)20-9-12(14)13(15)16/h2-6,10,12H,7-9,14H2,1H3,(H,15,16)(H,17,18)/t10-,12+/m1/s1. The number of ether oxygens (including phenoxy) is 1. The molecule has 0 heterocycles. The zero-order valence-corrected chi connectivity index (χ0v) is 13.0. The van der Waals surface area contributed by atoms with E-state index >= 15 is 0 Å². The molecule has 0 saturated heterocycles. The zero-order chi connectivity index (χ0) is 16.6. The first-order valence-corrected chi connectivity index (χ1v) is 8.05. The highest BCUT2D eigenvalue weighted by Gasteiger charge is 2.27. The van der Waals surface area contributed by atoms with Crippen molar-refractivity contribution in [2.75, 3.05) is 13.2 Å². The van der Waals surface area contributed by atoms with Crippen molar-refractivity contribution < 1.29 is 33.1 Å². The highest BCUT2D eigenvalue weighted by atomic mass is 31.2. The third-order valence-electron chi connectivity index (χ3n) is 2.51. The monoisotopic (exact) mass is 333 g/mol.